The summed E-state index contributed by atoms with van der Waals surface area (Å²) in [6.07, 6.45) is 5.80. The highest BCUT2D eigenvalue weighted by Crippen LogP contribution is 2.53. The third-order valence-corrected chi connectivity index (χ3v) is 12.1. The Morgan fingerprint density at radius 1 is 1.16 bits per heavy atom. The quantitative estimate of drug-likeness (QED) is 0.203. The zero-order chi connectivity index (χ0) is 28.6. The molecule has 0 aliphatic rings. The highest BCUT2D eigenvalue weighted by atomic mass is 35.5. The third-order valence-electron chi connectivity index (χ3n) is 7.21. The summed E-state index contributed by atoms with van der Waals surface area (Å²) in [5, 5.41) is 6.18. The van der Waals surface area contributed by atoms with Crippen molar-refractivity contribution in [2.75, 3.05) is 26.2 Å². The van der Waals surface area contributed by atoms with Crippen LogP contribution < -0.4 is 0 Å². The van der Waals surface area contributed by atoms with Gasteiger partial charge < -0.3 is 13.5 Å². The molecule has 7 nitrogen and oxygen atoms in total. The minimum atomic E-state index is -1.24. The normalized spacial score (nSPS) is 12.8. The molecule has 0 spiro atoms. The highest BCUT2D eigenvalue weighted by molar-refractivity contribution is 8.29. The van der Waals surface area contributed by atoms with Gasteiger partial charge in [-0.2, -0.15) is 5.10 Å². The van der Waals surface area contributed by atoms with Crippen LogP contribution in [0.4, 0.5) is 0 Å². The summed E-state index contributed by atoms with van der Waals surface area (Å²) in [6, 6.07) is 3.85. The van der Waals surface area contributed by atoms with Crippen LogP contribution in [-0.2, 0) is 40.0 Å². The van der Waals surface area contributed by atoms with Crippen LogP contribution >= 0.6 is 33.7 Å². The first-order chi connectivity index (χ1) is 17.6. The minimum Gasteiger partial charge on any atom is -0.464 e. The zero-order valence-electron chi connectivity index (χ0n) is 24.2. The van der Waals surface area contributed by atoms with Gasteiger partial charge in [0.05, 0.1) is 35.6 Å². The zero-order valence-corrected chi connectivity index (χ0v) is 26.5. The van der Waals surface area contributed by atoms with E-state index in [9.17, 15) is 9.59 Å². The molecule has 10 heteroatoms. The molecular formula is C28H40ClN3O4S2. The maximum Gasteiger partial charge on any atom is 0.354 e. The van der Waals surface area contributed by atoms with E-state index in [0.29, 0.717) is 29.5 Å². The second-order valence-electron chi connectivity index (χ2n) is 10.8. The smallest absolute Gasteiger partial charge is 0.354 e. The maximum atomic E-state index is 13.0. The molecule has 2 heterocycles. The van der Waals surface area contributed by atoms with Crippen LogP contribution in [0.2, 0.25) is 5.02 Å². The molecule has 0 unspecified atom stereocenters. The van der Waals surface area contributed by atoms with Gasteiger partial charge in [-0.15, -0.1) is 10.3 Å². The number of benzene rings is 1. The minimum absolute atomic E-state index is 0.0383. The number of aromatic nitrogens is 3. The lowest BCUT2D eigenvalue weighted by Gasteiger charge is -2.43. The van der Waals surface area contributed by atoms with Gasteiger partial charge >= 0.3 is 5.97 Å². The number of fused-ring (bicyclic) bond motifs is 1. The molecule has 1 aromatic carbocycles. The number of methoxy groups -OCH3 is 1. The number of thioether (sulfide) groups is 1. The largest absolute Gasteiger partial charge is 0.464 e. The summed E-state index contributed by atoms with van der Waals surface area (Å²) >= 11 is 8.10. The molecule has 2 aromatic heterocycles. The van der Waals surface area contributed by atoms with Crippen LogP contribution in [0.3, 0.4) is 0 Å². The van der Waals surface area contributed by atoms with Crippen molar-refractivity contribution >= 4 is 55.7 Å². The van der Waals surface area contributed by atoms with E-state index in [1.54, 1.807) is 6.92 Å². The Morgan fingerprint density at radius 2 is 1.82 bits per heavy atom. The Kier molecular flexibility index (Phi) is 9.39. The monoisotopic (exact) mass is 581 g/mol. The SMILES string of the molecule is COC(=O)c1c(CCCOS(C)(C)C(C)(C)C)c2ccc(Cl)c(-c3c(CSC(C)=O)c(C)nn3C)c2n1C. The predicted octanol–water partition coefficient (Wildman–Crippen LogP) is 6.83. The number of aryl methyl sites for hydroxylation is 4. The predicted molar refractivity (Wildman–Crippen MR) is 162 cm³/mol. The topological polar surface area (TPSA) is 75.4 Å². The Labute approximate surface area is 237 Å². The first-order valence-electron chi connectivity index (χ1n) is 12.5. The standard InChI is InChI=1S/C28H40ClN3O4S2/c1-17-21(16-37-18(2)33)25(32(7)30-17)23-22(29)14-13-20-19(26(27(34)35-8)31(6)24(20)23)12-11-15-36-38(9,10)28(3,4)5/h13-14H,11-12,15-16H2,1-10H3. The van der Waals surface area contributed by atoms with Crippen molar-refractivity contribution in [3.63, 3.8) is 0 Å². The molecule has 0 radical (unpaired) electrons. The fourth-order valence-corrected chi connectivity index (χ4v) is 6.31. The van der Waals surface area contributed by atoms with Crippen molar-refractivity contribution < 1.29 is 18.5 Å². The maximum absolute atomic E-state index is 13.0. The lowest BCUT2D eigenvalue weighted by molar-refractivity contribution is -0.109. The number of rotatable bonds is 9. The molecule has 210 valence electrons. The number of carbonyl (C=O) groups is 2. The van der Waals surface area contributed by atoms with Crippen molar-refractivity contribution in [3.8, 4) is 11.3 Å². The third kappa shape index (κ3) is 5.96. The van der Waals surface area contributed by atoms with Crippen LogP contribution in [0.25, 0.3) is 22.2 Å². The van der Waals surface area contributed by atoms with E-state index in [1.807, 2.05) is 42.4 Å². The molecule has 0 amide bonds. The van der Waals surface area contributed by atoms with Gasteiger partial charge in [-0.05, 0) is 43.9 Å². The number of hydrogen-bond donors (Lipinski definition) is 0. The lowest BCUT2D eigenvalue weighted by atomic mass is 10.0. The van der Waals surface area contributed by atoms with Crippen molar-refractivity contribution in [1.29, 1.82) is 0 Å². The molecule has 0 bridgehead atoms. The van der Waals surface area contributed by atoms with Gasteiger partial charge in [0.1, 0.15) is 5.69 Å². The second kappa shape index (κ2) is 11.7. The van der Waals surface area contributed by atoms with Crippen LogP contribution in [0, 0.1) is 6.92 Å². The molecule has 0 atom stereocenters. The van der Waals surface area contributed by atoms with Crippen LogP contribution in [0.5, 0.6) is 0 Å². The van der Waals surface area contributed by atoms with Crippen LogP contribution in [-0.4, -0.2) is 56.4 Å². The van der Waals surface area contributed by atoms with Gasteiger partial charge in [-0.25, -0.2) is 4.79 Å². The van der Waals surface area contributed by atoms with E-state index in [2.05, 4.69) is 38.4 Å². The fourth-order valence-electron chi connectivity index (χ4n) is 4.49. The van der Waals surface area contributed by atoms with Gasteiger partial charge in [0.2, 0.25) is 0 Å². The van der Waals surface area contributed by atoms with E-state index in [0.717, 1.165) is 45.4 Å². The Hall–Kier alpha value is -1.94. The molecule has 0 aliphatic carbocycles. The van der Waals surface area contributed by atoms with Gasteiger partial charge in [0.15, 0.2) is 5.12 Å². The van der Waals surface area contributed by atoms with Crippen LogP contribution in [0.15, 0.2) is 12.1 Å². The average molecular weight is 582 g/mol. The van der Waals surface area contributed by atoms with Gasteiger partial charge in [-0.1, -0.05) is 50.2 Å². The molecular weight excluding hydrogens is 542 g/mol. The number of esters is 1. The molecule has 0 fully saturated rings. The molecule has 0 saturated heterocycles. The summed E-state index contributed by atoms with van der Waals surface area (Å²) in [4.78, 5) is 24.8. The van der Waals surface area contributed by atoms with Crippen LogP contribution in [0.1, 0.15) is 61.4 Å². The fraction of sp³-hybridized carbons (Fsp3) is 0.536. The number of hydrogen-bond acceptors (Lipinski definition) is 6. The summed E-state index contributed by atoms with van der Waals surface area (Å²) in [5.74, 6) is 0.0948. The van der Waals surface area contributed by atoms with Gasteiger partial charge in [0.25, 0.3) is 0 Å². The molecule has 0 aliphatic heterocycles. The van der Waals surface area contributed by atoms with E-state index >= 15 is 0 Å². The highest BCUT2D eigenvalue weighted by Gasteiger charge is 2.30. The van der Waals surface area contributed by atoms with Crippen molar-refractivity contribution in [2.45, 2.75) is 58.0 Å². The van der Waals surface area contributed by atoms with E-state index in [4.69, 9.17) is 20.5 Å². The Bertz CT molecular complexity index is 1370. The number of ether oxygens (including phenoxy) is 1. The lowest BCUT2D eigenvalue weighted by Crippen LogP contribution is -2.25. The van der Waals surface area contributed by atoms with Crippen molar-refractivity contribution in [3.05, 3.63) is 39.7 Å². The van der Waals surface area contributed by atoms with E-state index in [-0.39, 0.29) is 9.86 Å². The number of halogens is 1. The van der Waals surface area contributed by atoms with Gasteiger partial charge in [-0.3, -0.25) is 9.48 Å². The Morgan fingerprint density at radius 3 is 2.39 bits per heavy atom. The molecule has 3 aromatic rings. The van der Waals surface area contributed by atoms with Crippen molar-refractivity contribution in [1.82, 2.24) is 14.3 Å². The Balaban J connectivity index is 2.15. The van der Waals surface area contributed by atoms with Gasteiger partial charge in [0, 0.05) is 48.0 Å². The molecule has 0 N–H and O–H groups in total. The number of nitrogens with zero attached hydrogens (tertiary/aromatic N) is 3. The summed E-state index contributed by atoms with van der Waals surface area (Å²) < 4.78 is 15.3. The van der Waals surface area contributed by atoms with E-state index in [1.165, 1.54) is 18.9 Å². The number of carbonyl (C=O) groups excluding carboxylic acids is 2. The molecule has 3 rings (SSSR count). The average Bonchev–Trinajstić information content (AvgIpc) is 3.25. The summed E-state index contributed by atoms with van der Waals surface area (Å²) in [6.45, 7) is 10.7. The molecule has 0 saturated carbocycles. The second-order valence-corrected chi connectivity index (χ2v) is 16.3. The van der Waals surface area contributed by atoms with Crippen molar-refractivity contribution in [2.24, 2.45) is 14.1 Å². The van der Waals surface area contributed by atoms with E-state index < -0.39 is 16.3 Å². The summed E-state index contributed by atoms with van der Waals surface area (Å²) in [7, 11) is 3.91. The first-order valence-corrected chi connectivity index (χ1v) is 16.3. The summed E-state index contributed by atoms with van der Waals surface area (Å²) in [5.41, 5.74) is 5.68. The first kappa shape index (κ1) is 30.6. The molecule has 38 heavy (non-hydrogen) atoms.